The monoisotopic (exact) mass is 366 g/mol. The van der Waals surface area contributed by atoms with E-state index in [1.807, 2.05) is 6.92 Å². The lowest BCUT2D eigenvalue weighted by Gasteiger charge is -2.18. The molecule has 0 spiro atoms. The maximum Gasteiger partial charge on any atom is 0.251 e. The van der Waals surface area contributed by atoms with Gasteiger partial charge in [0, 0.05) is 7.11 Å². The van der Waals surface area contributed by atoms with E-state index < -0.39 is 29.2 Å². The largest absolute Gasteiger partial charge is 0.490 e. The molecule has 0 aliphatic heterocycles. The summed E-state index contributed by atoms with van der Waals surface area (Å²) in [5.41, 5.74) is 5.00. The van der Waals surface area contributed by atoms with E-state index in [2.05, 4.69) is 4.98 Å². The molecule has 8 heteroatoms. The summed E-state index contributed by atoms with van der Waals surface area (Å²) in [5, 5.41) is 0. The lowest BCUT2D eigenvalue weighted by atomic mass is 10.1. The van der Waals surface area contributed by atoms with Crippen molar-refractivity contribution >= 4 is 5.91 Å². The first-order chi connectivity index (χ1) is 12.5. The second-order valence-corrected chi connectivity index (χ2v) is 5.38. The van der Waals surface area contributed by atoms with E-state index in [9.17, 15) is 13.6 Å². The van der Waals surface area contributed by atoms with Crippen LogP contribution in [0.15, 0.2) is 30.5 Å². The third-order valence-electron chi connectivity index (χ3n) is 3.60. The number of carbonyl (C=O) groups excluding carboxylic acids is 1. The molecular formula is C18H20F2N2O4. The lowest BCUT2D eigenvalue weighted by Crippen LogP contribution is -2.15. The number of halogens is 2. The summed E-state index contributed by atoms with van der Waals surface area (Å²) in [6, 6.07) is 5.64. The van der Waals surface area contributed by atoms with Gasteiger partial charge in [0.15, 0.2) is 11.6 Å². The van der Waals surface area contributed by atoms with E-state index in [1.165, 1.54) is 12.3 Å². The van der Waals surface area contributed by atoms with Crippen LogP contribution in [0.1, 0.15) is 35.5 Å². The summed E-state index contributed by atoms with van der Waals surface area (Å²) < 4.78 is 43.8. The van der Waals surface area contributed by atoms with Crippen LogP contribution in [0.4, 0.5) is 8.78 Å². The van der Waals surface area contributed by atoms with Crippen molar-refractivity contribution in [2.45, 2.75) is 19.4 Å². The second kappa shape index (κ2) is 9.10. The molecule has 1 aromatic heterocycles. The molecule has 1 unspecified atom stereocenters. The Balaban J connectivity index is 2.14. The minimum Gasteiger partial charge on any atom is -0.490 e. The standard InChI is InChI=1S/C18H20F2N2O4/c1-3-14(13-6-4-11(10-22-13)25-9-8-24-2)26-15-7-5-12(18(21)23)16(19)17(15)20/h4-7,10,14H,3,8-9H2,1-2H3,(H2,21,23). The summed E-state index contributed by atoms with van der Waals surface area (Å²) >= 11 is 0. The number of ether oxygens (including phenoxy) is 3. The molecule has 1 aromatic carbocycles. The number of carbonyl (C=O) groups is 1. The minimum atomic E-state index is -1.33. The van der Waals surface area contributed by atoms with E-state index in [1.54, 1.807) is 19.2 Å². The number of amides is 1. The van der Waals surface area contributed by atoms with Crippen LogP contribution in [0.2, 0.25) is 0 Å². The molecule has 0 fully saturated rings. The van der Waals surface area contributed by atoms with Crippen LogP contribution in [0.5, 0.6) is 11.5 Å². The van der Waals surface area contributed by atoms with Gasteiger partial charge >= 0.3 is 0 Å². The molecule has 0 aliphatic rings. The molecule has 1 atom stereocenters. The highest BCUT2D eigenvalue weighted by molar-refractivity contribution is 5.93. The van der Waals surface area contributed by atoms with Crippen LogP contribution in [-0.2, 0) is 4.74 Å². The summed E-state index contributed by atoms with van der Waals surface area (Å²) in [6.07, 6.45) is 1.39. The number of hydrogen-bond acceptors (Lipinski definition) is 5. The molecule has 26 heavy (non-hydrogen) atoms. The Morgan fingerprint density at radius 1 is 1.19 bits per heavy atom. The zero-order valence-corrected chi connectivity index (χ0v) is 14.5. The number of pyridine rings is 1. The lowest BCUT2D eigenvalue weighted by molar-refractivity contribution is 0.0995. The number of aromatic nitrogens is 1. The number of nitrogens with two attached hydrogens (primary N) is 1. The molecule has 0 radical (unpaired) electrons. The highest BCUT2D eigenvalue weighted by Gasteiger charge is 2.21. The summed E-state index contributed by atoms with van der Waals surface area (Å²) in [7, 11) is 1.58. The van der Waals surface area contributed by atoms with E-state index in [0.29, 0.717) is 31.1 Å². The molecular weight excluding hydrogens is 346 g/mol. The fraction of sp³-hybridized carbons (Fsp3) is 0.333. The molecule has 0 bridgehead atoms. The number of hydrogen-bond donors (Lipinski definition) is 1. The van der Waals surface area contributed by atoms with Crippen molar-refractivity contribution in [3.8, 4) is 11.5 Å². The Kier molecular flexibility index (Phi) is 6.85. The number of methoxy groups -OCH3 is 1. The van der Waals surface area contributed by atoms with Gasteiger partial charge in [-0.05, 0) is 30.7 Å². The molecule has 0 saturated carbocycles. The Morgan fingerprint density at radius 2 is 1.96 bits per heavy atom. The summed E-state index contributed by atoms with van der Waals surface area (Å²) in [5.74, 6) is -3.41. The van der Waals surface area contributed by atoms with Gasteiger partial charge in [0.1, 0.15) is 18.5 Å². The Bertz CT molecular complexity index is 754. The van der Waals surface area contributed by atoms with Crippen molar-refractivity contribution in [2.75, 3.05) is 20.3 Å². The predicted octanol–water partition coefficient (Wildman–Crippen LogP) is 3.01. The van der Waals surface area contributed by atoms with Gasteiger partial charge in [0.25, 0.3) is 5.91 Å². The topological polar surface area (TPSA) is 83.7 Å². The number of nitrogens with zero attached hydrogens (tertiary/aromatic N) is 1. The molecule has 1 heterocycles. The van der Waals surface area contributed by atoms with Crippen molar-refractivity contribution in [1.29, 1.82) is 0 Å². The van der Waals surface area contributed by atoms with Gasteiger partial charge in [-0.1, -0.05) is 6.92 Å². The average molecular weight is 366 g/mol. The number of benzene rings is 1. The summed E-state index contributed by atoms with van der Waals surface area (Å²) in [6.45, 7) is 2.66. The van der Waals surface area contributed by atoms with Crippen LogP contribution in [-0.4, -0.2) is 31.2 Å². The van der Waals surface area contributed by atoms with Crippen LogP contribution in [0.3, 0.4) is 0 Å². The number of primary amides is 1. The van der Waals surface area contributed by atoms with Crippen molar-refractivity contribution in [3.05, 3.63) is 53.4 Å². The van der Waals surface area contributed by atoms with Crippen molar-refractivity contribution in [1.82, 2.24) is 4.98 Å². The fourth-order valence-corrected chi connectivity index (χ4v) is 2.23. The third kappa shape index (κ3) is 4.66. The van der Waals surface area contributed by atoms with Crippen molar-refractivity contribution < 1.29 is 27.8 Å². The molecule has 2 N–H and O–H groups in total. The first-order valence-corrected chi connectivity index (χ1v) is 8.00. The molecule has 2 rings (SSSR count). The van der Waals surface area contributed by atoms with Gasteiger partial charge in [0.2, 0.25) is 5.82 Å². The van der Waals surface area contributed by atoms with Gasteiger partial charge < -0.3 is 19.9 Å². The van der Waals surface area contributed by atoms with Gasteiger partial charge in [-0.15, -0.1) is 0 Å². The van der Waals surface area contributed by atoms with Gasteiger partial charge in [-0.3, -0.25) is 9.78 Å². The molecule has 2 aromatic rings. The second-order valence-electron chi connectivity index (χ2n) is 5.38. The van der Waals surface area contributed by atoms with Crippen LogP contribution in [0, 0.1) is 11.6 Å². The highest BCUT2D eigenvalue weighted by Crippen LogP contribution is 2.29. The zero-order chi connectivity index (χ0) is 19.1. The Hall–Kier alpha value is -2.74. The fourth-order valence-electron chi connectivity index (χ4n) is 2.23. The first kappa shape index (κ1) is 19.6. The third-order valence-corrected chi connectivity index (χ3v) is 3.60. The number of rotatable bonds is 9. The zero-order valence-electron chi connectivity index (χ0n) is 14.5. The van der Waals surface area contributed by atoms with Crippen molar-refractivity contribution in [2.24, 2.45) is 5.73 Å². The van der Waals surface area contributed by atoms with E-state index in [4.69, 9.17) is 19.9 Å². The van der Waals surface area contributed by atoms with Gasteiger partial charge in [0.05, 0.1) is 24.1 Å². The maximum absolute atomic E-state index is 14.1. The molecule has 140 valence electrons. The van der Waals surface area contributed by atoms with Gasteiger partial charge in [-0.25, -0.2) is 4.39 Å². The van der Waals surface area contributed by atoms with Crippen LogP contribution < -0.4 is 15.2 Å². The smallest absolute Gasteiger partial charge is 0.251 e. The molecule has 1 amide bonds. The first-order valence-electron chi connectivity index (χ1n) is 8.00. The normalized spacial score (nSPS) is 11.8. The van der Waals surface area contributed by atoms with Gasteiger partial charge in [-0.2, -0.15) is 4.39 Å². The van der Waals surface area contributed by atoms with Crippen molar-refractivity contribution in [3.63, 3.8) is 0 Å². The van der Waals surface area contributed by atoms with E-state index >= 15 is 0 Å². The molecule has 6 nitrogen and oxygen atoms in total. The van der Waals surface area contributed by atoms with E-state index in [0.717, 1.165) is 6.07 Å². The quantitative estimate of drug-likeness (QED) is 0.690. The Morgan fingerprint density at radius 3 is 2.54 bits per heavy atom. The van der Waals surface area contributed by atoms with Crippen LogP contribution >= 0.6 is 0 Å². The average Bonchev–Trinajstić information content (AvgIpc) is 2.63. The summed E-state index contributed by atoms with van der Waals surface area (Å²) in [4.78, 5) is 15.3. The predicted molar refractivity (Wildman–Crippen MR) is 90.1 cm³/mol. The highest BCUT2D eigenvalue weighted by atomic mass is 19.2. The SMILES string of the molecule is CCC(Oc1ccc(C(N)=O)c(F)c1F)c1ccc(OCCOC)cn1. The Labute approximate surface area is 149 Å². The molecule has 0 aliphatic carbocycles. The van der Waals surface area contributed by atoms with Crippen LogP contribution in [0.25, 0.3) is 0 Å². The maximum atomic E-state index is 14.1. The molecule has 0 saturated heterocycles. The van der Waals surface area contributed by atoms with E-state index in [-0.39, 0.29) is 5.75 Å². The minimum absolute atomic E-state index is 0.318.